The molecule has 0 radical (unpaired) electrons. The van der Waals surface area contributed by atoms with Gasteiger partial charge >= 0.3 is 5.97 Å². The molecule has 3 aromatic rings. The Bertz CT molecular complexity index is 1590. The fourth-order valence-corrected chi connectivity index (χ4v) is 8.13. The number of thiophene rings is 1. The molecule has 2 N–H and O–H groups in total. The van der Waals surface area contributed by atoms with E-state index in [0.29, 0.717) is 44.4 Å². The van der Waals surface area contributed by atoms with Crippen molar-refractivity contribution in [2.45, 2.75) is 56.7 Å². The molecule has 3 heterocycles. The standard InChI is InChI=1S/C34H40ClFN4O5S/c1-38-10-12-39(13-11-38)23-16-24(19-45-25-8-6-21(7-9-25)34(43)44)40(18-23)32(41)15-22-14-28(35)30(17-29(22)36)37-33(42)27-20-46-31-5-3-2-4-26(27)31/h2-5,14,17,20-21,23-25H,6-13,15-16,18-19H2,1H3,(H,37,42)(H,43,44)/t21-,23-,24-,25-/m0/s1. The molecule has 1 saturated carbocycles. The van der Waals surface area contributed by atoms with Gasteiger partial charge in [0.2, 0.25) is 5.91 Å². The second-order valence-electron chi connectivity index (χ2n) is 12.8. The zero-order valence-corrected chi connectivity index (χ0v) is 27.5. The zero-order chi connectivity index (χ0) is 32.4. The van der Waals surface area contributed by atoms with Crippen molar-refractivity contribution in [3.63, 3.8) is 0 Å². The maximum absolute atomic E-state index is 15.4. The Labute approximate surface area is 277 Å². The second kappa shape index (κ2) is 14.4. The Kier molecular flexibility index (Phi) is 10.2. The number of anilines is 1. The molecule has 0 bridgehead atoms. The number of carboxylic acids is 1. The zero-order valence-electron chi connectivity index (χ0n) is 25.9. The number of aliphatic carboxylic acids is 1. The number of amides is 2. The van der Waals surface area contributed by atoms with Crippen molar-refractivity contribution in [3.8, 4) is 0 Å². The lowest BCUT2D eigenvalue weighted by molar-refractivity contribution is -0.144. The minimum absolute atomic E-state index is 0.0266. The van der Waals surface area contributed by atoms with E-state index in [0.717, 1.165) is 42.7 Å². The Hall–Kier alpha value is -3.09. The highest BCUT2D eigenvalue weighted by molar-refractivity contribution is 7.17. The minimum Gasteiger partial charge on any atom is -0.481 e. The van der Waals surface area contributed by atoms with Gasteiger partial charge in [0.15, 0.2) is 0 Å². The molecule has 1 aromatic heterocycles. The predicted octanol–water partition coefficient (Wildman–Crippen LogP) is 5.37. The molecular weight excluding hydrogens is 631 g/mol. The summed E-state index contributed by atoms with van der Waals surface area (Å²) in [5.74, 6) is -2.26. The smallest absolute Gasteiger partial charge is 0.306 e. The van der Waals surface area contributed by atoms with Crippen LogP contribution >= 0.6 is 22.9 Å². The number of hydrogen-bond acceptors (Lipinski definition) is 7. The van der Waals surface area contributed by atoms with Crippen molar-refractivity contribution >= 4 is 56.5 Å². The fourth-order valence-electron chi connectivity index (χ4n) is 6.96. The second-order valence-corrected chi connectivity index (χ2v) is 14.1. The molecule has 3 fully saturated rings. The van der Waals surface area contributed by atoms with Crippen molar-refractivity contribution in [2.24, 2.45) is 5.92 Å². The number of likely N-dealkylation sites (N-methyl/N-ethyl adjacent to an activating group) is 1. The summed E-state index contributed by atoms with van der Waals surface area (Å²) in [7, 11) is 2.11. The van der Waals surface area contributed by atoms with Crippen molar-refractivity contribution < 1.29 is 28.6 Å². The van der Waals surface area contributed by atoms with Gasteiger partial charge in [-0.25, -0.2) is 4.39 Å². The summed E-state index contributed by atoms with van der Waals surface area (Å²) < 4.78 is 22.7. The first-order valence-electron chi connectivity index (χ1n) is 16.0. The number of carbonyl (C=O) groups is 3. The van der Waals surface area contributed by atoms with Gasteiger partial charge in [0.1, 0.15) is 5.82 Å². The molecule has 2 amide bonds. The van der Waals surface area contributed by atoms with Crippen molar-refractivity contribution in [1.29, 1.82) is 0 Å². The van der Waals surface area contributed by atoms with Gasteiger partial charge in [-0.2, -0.15) is 0 Å². The number of nitrogens with one attached hydrogen (secondary N) is 1. The predicted molar refractivity (Wildman–Crippen MR) is 177 cm³/mol. The first kappa shape index (κ1) is 32.8. The number of benzene rings is 2. The molecule has 9 nitrogen and oxygen atoms in total. The highest BCUT2D eigenvalue weighted by Gasteiger charge is 2.39. The van der Waals surface area contributed by atoms with E-state index in [-0.39, 0.29) is 58.6 Å². The first-order chi connectivity index (χ1) is 22.2. The Morgan fingerprint density at radius 1 is 1.09 bits per heavy atom. The third-order valence-corrected chi connectivity index (χ3v) is 11.0. The molecule has 3 aliphatic rings. The van der Waals surface area contributed by atoms with Crippen LogP contribution in [-0.4, -0.2) is 102 Å². The van der Waals surface area contributed by atoms with E-state index >= 15 is 4.39 Å². The SMILES string of the molecule is CN1CCN([C@H]2C[C@@H](CO[C@H]3CC[C@H](C(=O)O)CC3)N(C(=O)Cc3cc(Cl)c(NC(=O)c4csc5ccccc45)cc3F)C2)CC1. The summed E-state index contributed by atoms with van der Waals surface area (Å²) in [5.41, 5.74) is 0.808. The van der Waals surface area contributed by atoms with Crippen LogP contribution < -0.4 is 5.32 Å². The summed E-state index contributed by atoms with van der Waals surface area (Å²) >= 11 is 7.99. The normalized spacial score (nSPS) is 24.4. The number of piperazine rings is 1. The van der Waals surface area contributed by atoms with Gasteiger partial charge in [0.25, 0.3) is 5.91 Å². The van der Waals surface area contributed by atoms with Gasteiger partial charge in [0.05, 0.1) is 47.4 Å². The number of halogens is 2. The lowest BCUT2D eigenvalue weighted by Crippen LogP contribution is -2.50. The summed E-state index contributed by atoms with van der Waals surface area (Å²) in [6, 6.07) is 10.2. The monoisotopic (exact) mass is 670 g/mol. The van der Waals surface area contributed by atoms with E-state index in [1.807, 2.05) is 29.2 Å². The van der Waals surface area contributed by atoms with E-state index in [4.69, 9.17) is 16.3 Å². The van der Waals surface area contributed by atoms with E-state index in [1.165, 1.54) is 23.5 Å². The Morgan fingerprint density at radius 3 is 2.57 bits per heavy atom. The van der Waals surface area contributed by atoms with Gasteiger partial charge in [-0.1, -0.05) is 29.8 Å². The highest BCUT2D eigenvalue weighted by atomic mass is 35.5. The fraction of sp³-hybridized carbons (Fsp3) is 0.500. The number of ether oxygens (including phenoxy) is 1. The topological polar surface area (TPSA) is 102 Å². The number of carbonyl (C=O) groups excluding carboxylic acids is 2. The third kappa shape index (κ3) is 7.39. The van der Waals surface area contributed by atoms with Crippen LogP contribution in [0.4, 0.5) is 10.1 Å². The molecule has 46 heavy (non-hydrogen) atoms. The Morgan fingerprint density at radius 2 is 1.83 bits per heavy atom. The number of carboxylic acid groups (broad SMARTS) is 1. The maximum atomic E-state index is 15.4. The largest absolute Gasteiger partial charge is 0.481 e. The maximum Gasteiger partial charge on any atom is 0.306 e. The number of fused-ring (bicyclic) bond motifs is 1. The average Bonchev–Trinajstić information content (AvgIpc) is 3.68. The van der Waals surface area contributed by atoms with Gasteiger partial charge in [-0.3, -0.25) is 19.3 Å². The summed E-state index contributed by atoms with van der Waals surface area (Å²) in [5, 5.41) is 14.8. The van der Waals surface area contributed by atoms with Crippen LogP contribution in [0.25, 0.3) is 10.1 Å². The van der Waals surface area contributed by atoms with E-state index < -0.39 is 11.8 Å². The molecular formula is C34H40ClFN4O5S. The van der Waals surface area contributed by atoms with E-state index in [2.05, 4.69) is 22.2 Å². The molecule has 2 atom stereocenters. The van der Waals surface area contributed by atoms with Crippen molar-refractivity contribution in [3.05, 3.63) is 63.7 Å². The average molecular weight is 671 g/mol. The van der Waals surface area contributed by atoms with E-state index in [9.17, 15) is 19.5 Å². The molecule has 2 saturated heterocycles. The Balaban J connectivity index is 1.12. The van der Waals surface area contributed by atoms with Gasteiger partial charge in [0, 0.05) is 54.2 Å². The number of likely N-dealkylation sites (tertiary alicyclic amines) is 1. The number of hydrogen-bond donors (Lipinski definition) is 2. The van der Waals surface area contributed by atoms with Crippen LogP contribution in [0.1, 0.15) is 48.0 Å². The number of rotatable bonds is 9. The molecule has 0 spiro atoms. The lowest BCUT2D eigenvalue weighted by Gasteiger charge is -2.36. The summed E-state index contributed by atoms with van der Waals surface area (Å²) in [6.45, 7) is 4.69. The highest BCUT2D eigenvalue weighted by Crippen LogP contribution is 2.32. The number of nitrogens with zero attached hydrogens (tertiary/aromatic N) is 3. The van der Waals surface area contributed by atoms with Gasteiger partial charge in [-0.05, 0) is 62.9 Å². The molecule has 1 aliphatic carbocycles. The lowest BCUT2D eigenvalue weighted by atomic mass is 9.87. The molecule has 2 aromatic carbocycles. The molecule has 12 heteroatoms. The summed E-state index contributed by atoms with van der Waals surface area (Å²) in [6.07, 6.45) is 3.15. The van der Waals surface area contributed by atoms with Crippen LogP contribution in [0.2, 0.25) is 5.02 Å². The van der Waals surface area contributed by atoms with Crippen molar-refractivity contribution in [2.75, 3.05) is 51.7 Å². The van der Waals surface area contributed by atoms with Gasteiger partial charge < -0.3 is 25.0 Å². The van der Waals surface area contributed by atoms with Crippen LogP contribution in [0.5, 0.6) is 0 Å². The van der Waals surface area contributed by atoms with Crippen LogP contribution in [0.3, 0.4) is 0 Å². The quantitative estimate of drug-likeness (QED) is 0.316. The van der Waals surface area contributed by atoms with Crippen LogP contribution in [-0.2, 0) is 20.7 Å². The molecule has 0 unspecified atom stereocenters. The van der Waals surface area contributed by atoms with Crippen molar-refractivity contribution in [1.82, 2.24) is 14.7 Å². The van der Waals surface area contributed by atoms with Crippen LogP contribution in [0, 0.1) is 11.7 Å². The minimum atomic E-state index is -0.750. The van der Waals surface area contributed by atoms with Gasteiger partial charge in [-0.15, -0.1) is 11.3 Å². The van der Waals surface area contributed by atoms with E-state index in [1.54, 1.807) is 5.38 Å². The molecule has 6 rings (SSSR count). The van der Waals surface area contributed by atoms with Crippen LogP contribution in [0.15, 0.2) is 41.8 Å². The molecule has 246 valence electrons. The molecule has 2 aliphatic heterocycles. The third-order valence-electron chi connectivity index (χ3n) is 9.77. The first-order valence-corrected chi connectivity index (χ1v) is 17.2. The summed E-state index contributed by atoms with van der Waals surface area (Å²) in [4.78, 5) is 44.7.